The molecule has 0 atom stereocenters. The number of nitrogens with one attached hydrogen (secondary N) is 1. The zero-order valence-electron chi connectivity index (χ0n) is 17.3. The van der Waals surface area contributed by atoms with Gasteiger partial charge in [0.15, 0.2) is 0 Å². The number of aromatic nitrogens is 5. The second-order valence-electron chi connectivity index (χ2n) is 7.29. The predicted molar refractivity (Wildman–Crippen MR) is 127 cm³/mol. The van der Waals surface area contributed by atoms with Gasteiger partial charge >= 0.3 is 0 Å². The molecule has 32 heavy (non-hydrogen) atoms. The number of hydrogen-bond acceptors (Lipinski definition) is 8. The Bertz CT molecular complexity index is 1540. The second-order valence-corrected chi connectivity index (χ2v) is 10.2. The van der Waals surface area contributed by atoms with Crippen molar-refractivity contribution in [3.8, 4) is 0 Å². The van der Waals surface area contributed by atoms with E-state index in [1.807, 2.05) is 46.6 Å². The van der Waals surface area contributed by atoms with E-state index < -0.39 is 10.0 Å². The number of sulfonamides is 1. The summed E-state index contributed by atoms with van der Waals surface area (Å²) >= 11 is 1.58. The summed E-state index contributed by atoms with van der Waals surface area (Å²) in [6.45, 7) is 0.413. The lowest BCUT2D eigenvalue weighted by Crippen LogP contribution is -2.27. The molecule has 0 spiro atoms. The van der Waals surface area contributed by atoms with Crippen LogP contribution in [0.1, 0.15) is 5.56 Å². The SMILES string of the molecule is CN(c1ncccc1Cn1ccc2cnc(Nc3ccc4ncsc4c3)nc21)S(C)(=O)=O. The minimum atomic E-state index is -3.43. The van der Waals surface area contributed by atoms with Crippen LogP contribution in [0.15, 0.2) is 60.5 Å². The molecule has 9 nitrogen and oxygen atoms in total. The first kappa shape index (κ1) is 20.3. The molecule has 5 rings (SSSR count). The van der Waals surface area contributed by atoms with Gasteiger partial charge < -0.3 is 9.88 Å². The molecule has 0 aliphatic carbocycles. The van der Waals surface area contributed by atoms with Gasteiger partial charge in [-0.2, -0.15) is 4.98 Å². The minimum absolute atomic E-state index is 0.391. The van der Waals surface area contributed by atoms with Crippen LogP contribution >= 0.6 is 11.3 Å². The van der Waals surface area contributed by atoms with Crippen molar-refractivity contribution < 1.29 is 8.42 Å². The highest BCUT2D eigenvalue weighted by molar-refractivity contribution is 7.92. The number of hydrogen-bond donors (Lipinski definition) is 1. The van der Waals surface area contributed by atoms with E-state index in [4.69, 9.17) is 4.98 Å². The minimum Gasteiger partial charge on any atom is -0.328 e. The third kappa shape index (κ3) is 3.87. The smallest absolute Gasteiger partial charge is 0.233 e. The Labute approximate surface area is 188 Å². The standard InChI is InChI=1S/C21H19N7O2S2/c1-27(32(2,29)30)19-15(4-3-8-22-19)12-28-9-7-14-11-23-21(26-20(14)28)25-16-5-6-17-18(10-16)31-13-24-17/h3-11,13H,12H2,1-2H3,(H,23,25,26). The molecule has 0 fully saturated rings. The quantitative estimate of drug-likeness (QED) is 0.408. The zero-order chi connectivity index (χ0) is 22.3. The normalized spacial score (nSPS) is 11.8. The molecule has 5 aromatic rings. The van der Waals surface area contributed by atoms with Gasteiger partial charge in [0.1, 0.15) is 11.5 Å². The number of benzene rings is 1. The van der Waals surface area contributed by atoms with Crippen LogP contribution in [0.5, 0.6) is 0 Å². The fourth-order valence-corrected chi connectivity index (χ4v) is 4.59. The first-order chi connectivity index (χ1) is 15.4. The average molecular weight is 466 g/mol. The van der Waals surface area contributed by atoms with Gasteiger partial charge in [-0.3, -0.25) is 4.31 Å². The predicted octanol–water partition coefficient (Wildman–Crippen LogP) is 3.62. The van der Waals surface area contributed by atoms with E-state index in [0.29, 0.717) is 18.3 Å². The molecule has 0 amide bonds. The zero-order valence-corrected chi connectivity index (χ0v) is 18.9. The molecular weight excluding hydrogens is 446 g/mol. The molecule has 162 valence electrons. The van der Waals surface area contributed by atoms with Gasteiger partial charge in [0, 0.05) is 42.3 Å². The molecule has 0 bridgehead atoms. The topological polar surface area (TPSA) is 106 Å². The molecule has 11 heteroatoms. The van der Waals surface area contributed by atoms with Crippen LogP contribution in [0.3, 0.4) is 0 Å². The maximum absolute atomic E-state index is 12.0. The molecule has 0 aliphatic rings. The van der Waals surface area contributed by atoms with E-state index in [9.17, 15) is 8.42 Å². The van der Waals surface area contributed by atoms with Crippen molar-refractivity contribution in [3.05, 3.63) is 66.1 Å². The summed E-state index contributed by atoms with van der Waals surface area (Å²) in [5.74, 6) is 0.864. The fraction of sp³-hybridized carbons (Fsp3) is 0.143. The molecular formula is C21H19N7O2S2. The van der Waals surface area contributed by atoms with Crippen molar-refractivity contribution in [3.63, 3.8) is 0 Å². The summed E-state index contributed by atoms with van der Waals surface area (Å²) < 4.78 is 28.3. The highest BCUT2D eigenvalue weighted by atomic mass is 32.2. The number of pyridine rings is 1. The van der Waals surface area contributed by atoms with E-state index in [0.717, 1.165) is 38.8 Å². The molecule has 4 aromatic heterocycles. The van der Waals surface area contributed by atoms with Crippen molar-refractivity contribution in [2.45, 2.75) is 6.54 Å². The van der Waals surface area contributed by atoms with E-state index >= 15 is 0 Å². The highest BCUT2D eigenvalue weighted by Crippen LogP contribution is 2.25. The van der Waals surface area contributed by atoms with Crippen LogP contribution in [0.25, 0.3) is 21.3 Å². The van der Waals surface area contributed by atoms with Gasteiger partial charge in [0.2, 0.25) is 16.0 Å². The lowest BCUT2D eigenvalue weighted by molar-refractivity contribution is 0.599. The van der Waals surface area contributed by atoms with E-state index in [1.165, 1.54) is 11.4 Å². The highest BCUT2D eigenvalue weighted by Gasteiger charge is 2.18. The van der Waals surface area contributed by atoms with Crippen molar-refractivity contribution in [1.29, 1.82) is 0 Å². The lowest BCUT2D eigenvalue weighted by atomic mass is 10.2. The van der Waals surface area contributed by atoms with E-state index in [-0.39, 0.29) is 0 Å². The monoisotopic (exact) mass is 465 g/mol. The largest absolute Gasteiger partial charge is 0.328 e. The number of thiazole rings is 1. The third-order valence-electron chi connectivity index (χ3n) is 5.09. The summed E-state index contributed by atoms with van der Waals surface area (Å²) in [4.78, 5) is 17.7. The van der Waals surface area contributed by atoms with Crippen molar-refractivity contribution in [1.82, 2.24) is 24.5 Å². The summed E-state index contributed by atoms with van der Waals surface area (Å²) in [5.41, 5.74) is 5.15. The van der Waals surface area contributed by atoms with Crippen LogP contribution in [0.2, 0.25) is 0 Å². The Morgan fingerprint density at radius 1 is 1.16 bits per heavy atom. The van der Waals surface area contributed by atoms with Gasteiger partial charge in [-0.25, -0.2) is 23.4 Å². The Balaban J connectivity index is 1.47. The Kier molecular flexibility index (Phi) is 4.98. The number of fused-ring (bicyclic) bond motifs is 2. The van der Waals surface area contributed by atoms with Gasteiger partial charge in [-0.05, 0) is 30.3 Å². The van der Waals surface area contributed by atoms with Gasteiger partial charge in [0.25, 0.3) is 0 Å². The van der Waals surface area contributed by atoms with Gasteiger partial charge in [0.05, 0.1) is 28.5 Å². The van der Waals surface area contributed by atoms with Crippen LogP contribution < -0.4 is 9.62 Å². The van der Waals surface area contributed by atoms with E-state index in [2.05, 4.69) is 20.3 Å². The molecule has 0 saturated carbocycles. The van der Waals surface area contributed by atoms with Gasteiger partial charge in [-0.15, -0.1) is 11.3 Å². The Morgan fingerprint density at radius 3 is 2.88 bits per heavy atom. The molecule has 0 radical (unpaired) electrons. The maximum atomic E-state index is 12.0. The number of rotatable bonds is 6. The van der Waals surface area contributed by atoms with Crippen molar-refractivity contribution in [2.24, 2.45) is 0 Å². The second kappa shape index (κ2) is 7.84. The molecule has 4 heterocycles. The summed E-state index contributed by atoms with van der Waals surface area (Å²) in [6, 6.07) is 11.5. The molecule has 1 aromatic carbocycles. The molecule has 1 N–H and O–H groups in total. The molecule has 0 saturated heterocycles. The number of anilines is 3. The van der Waals surface area contributed by atoms with Crippen LogP contribution in [0.4, 0.5) is 17.5 Å². The molecule has 0 unspecified atom stereocenters. The van der Waals surface area contributed by atoms with E-state index in [1.54, 1.807) is 29.8 Å². The Hall–Kier alpha value is -3.57. The van der Waals surface area contributed by atoms with Crippen molar-refractivity contribution >= 4 is 60.1 Å². The van der Waals surface area contributed by atoms with Crippen molar-refractivity contribution in [2.75, 3.05) is 22.9 Å². The van der Waals surface area contributed by atoms with Gasteiger partial charge in [-0.1, -0.05) is 6.07 Å². The fourth-order valence-electron chi connectivity index (χ4n) is 3.40. The van der Waals surface area contributed by atoms with Crippen LogP contribution in [0, 0.1) is 0 Å². The molecule has 0 aliphatic heterocycles. The van der Waals surface area contributed by atoms with Crippen LogP contribution in [-0.4, -0.2) is 46.2 Å². The first-order valence-electron chi connectivity index (χ1n) is 9.68. The number of nitrogens with zero attached hydrogens (tertiary/aromatic N) is 6. The average Bonchev–Trinajstić information content (AvgIpc) is 3.40. The summed E-state index contributed by atoms with van der Waals surface area (Å²) in [5, 5.41) is 4.14. The lowest BCUT2D eigenvalue weighted by Gasteiger charge is -2.19. The third-order valence-corrected chi connectivity index (χ3v) is 7.05. The summed E-state index contributed by atoms with van der Waals surface area (Å²) in [6.07, 6.45) is 6.41. The Morgan fingerprint density at radius 2 is 2.03 bits per heavy atom. The maximum Gasteiger partial charge on any atom is 0.233 e. The van der Waals surface area contributed by atoms with Crippen LogP contribution in [-0.2, 0) is 16.6 Å². The first-order valence-corrected chi connectivity index (χ1v) is 12.4. The summed E-state index contributed by atoms with van der Waals surface area (Å²) in [7, 11) is -1.93.